The molecule has 1 aromatic rings. The van der Waals surface area contributed by atoms with Gasteiger partial charge in [-0.2, -0.15) is 0 Å². The first-order valence-electron chi connectivity index (χ1n) is 7.31. The zero-order valence-corrected chi connectivity index (χ0v) is 13.0. The summed E-state index contributed by atoms with van der Waals surface area (Å²) in [6.07, 6.45) is 3.76. The van der Waals surface area contributed by atoms with Crippen LogP contribution in [0.15, 0.2) is 18.2 Å². The summed E-state index contributed by atoms with van der Waals surface area (Å²) in [5.74, 6) is 0. The molecule has 1 aromatic carbocycles. The molecule has 1 aliphatic heterocycles. The Morgan fingerprint density at radius 1 is 1.37 bits per heavy atom. The molecular weight excluding hydrogens is 256 g/mol. The monoisotopic (exact) mass is 280 g/mol. The largest absolute Gasteiger partial charge is 0.370 e. The number of nitrogens with zero attached hydrogens (tertiary/aromatic N) is 1. The van der Waals surface area contributed by atoms with E-state index in [2.05, 4.69) is 30.9 Å². The fourth-order valence-electron chi connectivity index (χ4n) is 3.03. The molecule has 0 radical (unpaired) electrons. The van der Waals surface area contributed by atoms with E-state index in [9.17, 15) is 0 Å². The third kappa shape index (κ3) is 2.90. The second-order valence-corrected chi connectivity index (χ2v) is 6.29. The zero-order chi connectivity index (χ0) is 14.0. The molecule has 2 nitrogen and oxygen atoms in total. The second kappa shape index (κ2) is 5.72. The lowest BCUT2D eigenvalue weighted by molar-refractivity contribution is 0.301. The molecule has 19 heavy (non-hydrogen) atoms. The van der Waals surface area contributed by atoms with Gasteiger partial charge in [-0.25, -0.2) is 0 Å². The molecule has 1 saturated heterocycles. The third-order valence-corrected chi connectivity index (χ3v) is 5.08. The normalized spacial score (nSPS) is 19.7. The molecule has 1 aliphatic rings. The summed E-state index contributed by atoms with van der Waals surface area (Å²) in [7, 11) is 0. The van der Waals surface area contributed by atoms with E-state index in [0.29, 0.717) is 5.41 Å². The maximum atomic E-state index is 6.44. The van der Waals surface area contributed by atoms with Gasteiger partial charge in [0, 0.05) is 19.1 Å². The summed E-state index contributed by atoms with van der Waals surface area (Å²) in [5, 5.41) is 0.831. The van der Waals surface area contributed by atoms with Gasteiger partial charge in [0.1, 0.15) is 0 Å². The SMILES string of the molecule is CCC1(CC)CCN(c2ccc([C@H](C)N)cc2Cl)C1. The predicted octanol–water partition coefficient (Wildman–Crippen LogP) is 4.38. The highest BCUT2D eigenvalue weighted by molar-refractivity contribution is 6.33. The van der Waals surface area contributed by atoms with E-state index in [0.717, 1.165) is 29.4 Å². The first-order chi connectivity index (χ1) is 9.01. The average molecular weight is 281 g/mol. The third-order valence-electron chi connectivity index (χ3n) is 4.78. The van der Waals surface area contributed by atoms with Gasteiger partial charge in [-0.1, -0.05) is 31.5 Å². The van der Waals surface area contributed by atoms with Crippen LogP contribution in [0.2, 0.25) is 5.02 Å². The van der Waals surface area contributed by atoms with Crippen molar-refractivity contribution in [1.82, 2.24) is 0 Å². The number of hydrogen-bond donors (Lipinski definition) is 1. The maximum Gasteiger partial charge on any atom is 0.0642 e. The minimum atomic E-state index is 0.0375. The van der Waals surface area contributed by atoms with Crippen molar-refractivity contribution >= 4 is 17.3 Å². The van der Waals surface area contributed by atoms with Crippen molar-refractivity contribution in [3.8, 4) is 0 Å². The average Bonchev–Trinajstić information content (AvgIpc) is 2.83. The van der Waals surface area contributed by atoms with Gasteiger partial charge in [0.15, 0.2) is 0 Å². The van der Waals surface area contributed by atoms with E-state index < -0.39 is 0 Å². The van der Waals surface area contributed by atoms with Gasteiger partial charge in [0.05, 0.1) is 10.7 Å². The Kier molecular flexibility index (Phi) is 4.42. The van der Waals surface area contributed by atoms with Gasteiger partial charge in [-0.05, 0) is 49.3 Å². The summed E-state index contributed by atoms with van der Waals surface area (Å²) >= 11 is 6.44. The number of nitrogens with two attached hydrogens (primary N) is 1. The molecule has 0 spiro atoms. The number of hydrogen-bond acceptors (Lipinski definition) is 2. The lowest BCUT2D eigenvalue weighted by Crippen LogP contribution is -2.26. The molecule has 0 unspecified atom stereocenters. The van der Waals surface area contributed by atoms with Crippen molar-refractivity contribution < 1.29 is 0 Å². The van der Waals surface area contributed by atoms with Crippen LogP contribution in [0.1, 0.15) is 51.6 Å². The molecule has 0 aliphatic carbocycles. The quantitative estimate of drug-likeness (QED) is 0.887. The fraction of sp³-hybridized carbons (Fsp3) is 0.625. The van der Waals surface area contributed by atoms with Crippen LogP contribution in [0.5, 0.6) is 0 Å². The van der Waals surface area contributed by atoms with Crippen LogP contribution in [0.3, 0.4) is 0 Å². The van der Waals surface area contributed by atoms with E-state index >= 15 is 0 Å². The second-order valence-electron chi connectivity index (χ2n) is 5.88. The van der Waals surface area contributed by atoms with Gasteiger partial charge in [0.25, 0.3) is 0 Å². The lowest BCUT2D eigenvalue weighted by Gasteiger charge is -2.27. The Morgan fingerprint density at radius 3 is 2.53 bits per heavy atom. The number of benzene rings is 1. The van der Waals surface area contributed by atoms with Crippen molar-refractivity contribution in [1.29, 1.82) is 0 Å². The molecule has 3 heteroatoms. The Labute approximate surface area is 121 Å². The van der Waals surface area contributed by atoms with Gasteiger partial charge in [0.2, 0.25) is 0 Å². The van der Waals surface area contributed by atoms with Crippen LogP contribution < -0.4 is 10.6 Å². The molecule has 0 amide bonds. The zero-order valence-electron chi connectivity index (χ0n) is 12.2. The molecule has 106 valence electrons. The summed E-state index contributed by atoms with van der Waals surface area (Å²) in [6, 6.07) is 6.28. The number of halogens is 1. The van der Waals surface area contributed by atoms with Gasteiger partial charge in [-0.15, -0.1) is 0 Å². The van der Waals surface area contributed by atoms with E-state index in [1.807, 2.05) is 13.0 Å². The first-order valence-corrected chi connectivity index (χ1v) is 7.69. The van der Waals surface area contributed by atoms with Crippen molar-refractivity contribution in [2.75, 3.05) is 18.0 Å². The smallest absolute Gasteiger partial charge is 0.0642 e. The molecule has 0 aromatic heterocycles. The first kappa shape index (κ1) is 14.7. The molecule has 2 rings (SSSR count). The molecule has 1 fully saturated rings. The molecule has 0 bridgehead atoms. The summed E-state index contributed by atoms with van der Waals surface area (Å²) in [4.78, 5) is 2.43. The van der Waals surface area contributed by atoms with Gasteiger partial charge < -0.3 is 10.6 Å². The topological polar surface area (TPSA) is 29.3 Å². The summed E-state index contributed by atoms with van der Waals surface area (Å²) in [6.45, 7) is 8.82. The number of rotatable bonds is 4. The van der Waals surface area contributed by atoms with Crippen LogP contribution in [0.25, 0.3) is 0 Å². The van der Waals surface area contributed by atoms with E-state index in [4.69, 9.17) is 17.3 Å². The standard InChI is InChI=1S/C16H25ClN2/c1-4-16(5-2)8-9-19(11-16)15-7-6-13(12(3)18)10-14(15)17/h6-7,10,12H,4-5,8-9,11,18H2,1-3H3/t12-/m0/s1. The summed E-state index contributed by atoms with van der Waals surface area (Å²) in [5.41, 5.74) is 8.64. The minimum Gasteiger partial charge on any atom is -0.370 e. The van der Waals surface area contributed by atoms with E-state index in [1.165, 1.54) is 19.3 Å². The van der Waals surface area contributed by atoms with Crippen LogP contribution in [0, 0.1) is 5.41 Å². The molecule has 0 saturated carbocycles. The Hall–Kier alpha value is -0.730. The predicted molar refractivity (Wildman–Crippen MR) is 83.9 cm³/mol. The van der Waals surface area contributed by atoms with Crippen LogP contribution in [0.4, 0.5) is 5.69 Å². The minimum absolute atomic E-state index is 0.0375. The van der Waals surface area contributed by atoms with E-state index in [-0.39, 0.29) is 6.04 Å². The molecule has 2 N–H and O–H groups in total. The van der Waals surface area contributed by atoms with Crippen molar-refractivity contribution in [2.24, 2.45) is 11.1 Å². The van der Waals surface area contributed by atoms with Crippen molar-refractivity contribution in [3.05, 3.63) is 28.8 Å². The molecular formula is C16H25ClN2. The lowest BCUT2D eigenvalue weighted by atomic mass is 9.82. The van der Waals surface area contributed by atoms with Crippen molar-refractivity contribution in [2.45, 2.75) is 46.1 Å². The van der Waals surface area contributed by atoms with E-state index in [1.54, 1.807) is 0 Å². The summed E-state index contributed by atoms with van der Waals surface area (Å²) < 4.78 is 0. The Morgan fingerprint density at radius 2 is 2.05 bits per heavy atom. The maximum absolute atomic E-state index is 6.44. The van der Waals surface area contributed by atoms with Gasteiger partial charge in [-0.3, -0.25) is 0 Å². The van der Waals surface area contributed by atoms with Crippen LogP contribution in [-0.4, -0.2) is 13.1 Å². The van der Waals surface area contributed by atoms with Gasteiger partial charge >= 0.3 is 0 Å². The van der Waals surface area contributed by atoms with Crippen molar-refractivity contribution in [3.63, 3.8) is 0 Å². The fourth-order valence-corrected chi connectivity index (χ4v) is 3.34. The highest BCUT2D eigenvalue weighted by Crippen LogP contribution is 2.41. The molecule has 1 heterocycles. The Balaban J connectivity index is 2.20. The molecule has 1 atom stereocenters. The highest BCUT2D eigenvalue weighted by atomic mass is 35.5. The van der Waals surface area contributed by atoms with Crippen LogP contribution >= 0.6 is 11.6 Å². The highest BCUT2D eigenvalue weighted by Gasteiger charge is 2.35. The van der Waals surface area contributed by atoms with Crippen LogP contribution in [-0.2, 0) is 0 Å². The Bertz CT molecular complexity index is 438. The number of anilines is 1.